The molecule has 1 aromatic rings. The molecule has 20 heavy (non-hydrogen) atoms. The molecule has 0 spiro atoms. The van der Waals surface area contributed by atoms with Crippen LogP contribution in [0.3, 0.4) is 0 Å². The number of anilines is 1. The fourth-order valence-electron chi connectivity index (χ4n) is 1.57. The Morgan fingerprint density at radius 2 is 2.10 bits per heavy atom. The standard InChI is InChI=1S/C14H21N3O3/c1-4-15-14(19)10(2)16-9-13(18)17-11-6-5-7-12(8-11)20-3/h5-8,10,16H,4,9H2,1-3H3,(H,15,19)(H,17,18). The zero-order valence-electron chi connectivity index (χ0n) is 12.0. The second-order valence-electron chi connectivity index (χ2n) is 4.28. The van der Waals surface area contributed by atoms with Crippen molar-refractivity contribution in [1.82, 2.24) is 10.6 Å². The van der Waals surface area contributed by atoms with Gasteiger partial charge in [-0.1, -0.05) is 6.07 Å². The molecular formula is C14H21N3O3. The lowest BCUT2D eigenvalue weighted by molar-refractivity contribution is -0.122. The van der Waals surface area contributed by atoms with Crippen molar-refractivity contribution in [2.75, 3.05) is 25.5 Å². The molecule has 1 aromatic carbocycles. The monoisotopic (exact) mass is 279 g/mol. The molecule has 0 fully saturated rings. The summed E-state index contributed by atoms with van der Waals surface area (Å²) in [5.74, 6) is 0.336. The summed E-state index contributed by atoms with van der Waals surface area (Å²) < 4.78 is 5.07. The Labute approximate surface area is 118 Å². The molecule has 6 nitrogen and oxygen atoms in total. The van der Waals surface area contributed by atoms with Gasteiger partial charge in [0.15, 0.2) is 0 Å². The van der Waals surface area contributed by atoms with Crippen LogP contribution in [-0.2, 0) is 9.59 Å². The van der Waals surface area contributed by atoms with E-state index in [2.05, 4.69) is 16.0 Å². The summed E-state index contributed by atoms with van der Waals surface area (Å²) >= 11 is 0. The molecule has 2 amide bonds. The maximum absolute atomic E-state index is 11.8. The predicted molar refractivity (Wildman–Crippen MR) is 77.8 cm³/mol. The molecule has 0 aliphatic carbocycles. The normalized spacial score (nSPS) is 11.6. The number of hydrogen-bond donors (Lipinski definition) is 3. The van der Waals surface area contributed by atoms with Gasteiger partial charge in [0.1, 0.15) is 5.75 Å². The van der Waals surface area contributed by atoms with Crippen molar-refractivity contribution in [1.29, 1.82) is 0 Å². The van der Waals surface area contributed by atoms with E-state index in [4.69, 9.17) is 4.74 Å². The average Bonchev–Trinajstić information content (AvgIpc) is 2.45. The first-order valence-electron chi connectivity index (χ1n) is 6.51. The SMILES string of the molecule is CCNC(=O)C(C)NCC(=O)Nc1cccc(OC)c1. The van der Waals surface area contributed by atoms with Gasteiger partial charge >= 0.3 is 0 Å². The molecule has 0 aliphatic heterocycles. The lowest BCUT2D eigenvalue weighted by atomic mass is 10.3. The largest absolute Gasteiger partial charge is 0.497 e. The van der Waals surface area contributed by atoms with Gasteiger partial charge in [0, 0.05) is 18.3 Å². The molecule has 0 saturated carbocycles. The fourth-order valence-corrected chi connectivity index (χ4v) is 1.57. The van der Waals surface area contributed by atoms with E-state index in [1.54, 1.807) is 38.3 Å². The molecule has 1 atom stereocenters. The predicted octanol–water partition coefficient (Wildman–Crippen LogP) is 0.748. The van der Waals surface area contributed by atoms with Gasteiger partial charge in [0.2, 0.25) is 11.8 Å². The third-order valence-corrected chi connectivity index (χ3v) is 2.67. The molecule has 0 aromatic heterocycles. The first kappa shape index (κ1) is 16.0. The summed E-state index contributed by atoms with van der Waals surface area (Å²) in [5, 5.41) is 8.27. The number of hydrogen-bond acceptors (Lipinski definition) is 4. The highest BCUT2D eigenvalue weighted by Crippen LogP contribution is 2.16. The summed E-state index contributed by atoms with van der Waals surface area (Å²) in [5.41, 5.74) is 0.654. The first-order chi connectivity index (χ1) is 9.56. The molecule has 1 rings (SSSR count). The molecular weight excluding hydrogens is 258 g/mol. The van der Waals surface area contributed by atoms with E-state index in [9.17, 15) is 9.59 Å². The Morgan fingerprint density at radius 3 is 2.75 bits per heavy atom. The van der Waals surface area contributed by atoms with Crippen LogP contribution in [0, 0.1) is 0 Å². The Morgan fingerprint density at radius 1 is 1.35 bits per heavy atom. The van der Waals surface area contributed by atoms with Gasteiger partial charge < -0.3 is 15.4 Å². The van der Waals surface area contributed by atoms with Crippen molar-refractivity contribution in [2.45, 2.75) is 19.9 Å². The van der Waals surface area contributed by atoms with Crippen LogP contribution in [0.25, 0.3) is 0 Å². The van der Waals surface area contributed by atoms with Crippen molar-refractivity contribution >= 4 is 17.5 Å². The average molecular weight is 279 g/mol. The van der Waals surface area contributed by atoms with Crippen LogP contribution >= 0.6 is 0 Å². The Balaban J connectivity index is 2.41. The maximum atomic E-state index is 11.8. The van der Waals surface area contributed by atoms with Crippen LogP contribution in [-0.4, -0.2) is 38.1 Å². The van der Waals surface area contributed by atoms with Crippen LogP contribution < -0.4 is 20.7 Å². The van der Waals surface area contributed by atoms with Gasteiger partial charge in [0.25, 0.3) is 0 Å². The number of methoxy groups -OCH3 is 1. The molecule has 0 saturated heterocycles. The Bertz CT molecular complexity index is 463. The molecule has 0 bridgehead atoms. The number of ether oxygens (including phenoxy) is 1. The molecule has 0 heterocycles. The number of amides is 2. The number of likely N-dealkylation sites (N-methyl/N-ethyl adjacent to an activating group) is 1. The van der Waals surface area contributed by atoms with Gasteiger partial charge in [-0.05, 0) is 26.0 Å². The fraction of sp³-hybridized carbons (Fsp3) is 0.429. The summed E-state index contributed by atoms with van der Waals surface area (Å²) in [6.45, 7) is 4.19. The highest BCUT2D eigenvalue weighted by atomic mass is 16.5. The van der Waals surface area contributed by atoms with E-state index < -0.39 is 6.04 Å². The number of nitrogens with one attached hydrogen (secondary N) is 3. The highest BCUT2D eigenvalue weighted by molar-refractivity contribution is 5.93. The van der Waals surface area contributed by atoms with E-state index in [1.807, 2.05) is 6.92 Å². The number of rotatable bonds is 7. The molecule has 1 unspecified atom stereocenters. The lowest BCUT2D eigenvalue weighted by Gasteiger charge is -2.13. The Hall–Kier alpha value is -2.08. The van der Waals surface area contributed by atoms with Crippen LogP contribution in [0.5, 0.6) is 5.75 Å². The van der Waals surface area contributed by atoms with E-state index >= 15 is 0 Å². The third kappa shape index (κ3) is 5.27. The second kappa shape index (κ2) is 8.16. The second-order valence-corrected chi connectivity index (χ2v) is 4.28. The minimum absolute atomic E-state index is 0.0650. The number of benzene rings is 1. The summed E-state index contributed by atoms with van der Waals surface area (Å²) in [4.78, 5) is 23.2. The van der Waals surface area contributed by atoms with Gasteiger partial charge in [0.05, 0.1) is 19.7 Å². The van der Waals surface area contributed by atoms with E-state index in [0.29, 0.717) is 18.0 Å². The van der Waals surface area contributed by atoms with Crippen LogP contribution in [0.2, 0.25) is 0 Å². The van der Waals surface area contributed by atoms with Crippen molar-refractivity contribution in [3.63, 3.8) is 0 Å². The smallest absolute Gasteiger partial charge is 0.238 e. The van der Waals surface area contributed by atoms with Crippen LogP contribution in [0.1, 0.15) is 13.8 Å². The first-order valence-corrected chi connectivity index (χ1v) is 6.51. The van der Waals surface area contributed by atoms with Gasteiger partial charge in [-0.15, -0.1) is 0 Å². The molecule has 110 valence electrons. The molecule has 6 heteroatoms. The van der Waals surface area contributed by atoms with Crippen molar-refractivity contribution in [3.8, 4) is 5.75 Å². The maximum Gasteiger partial charge on any atom is 0.238 e. The van der Waals surface area contributed by atoms with E-state index in [-0.39, 0.29) is 18.4 Å². The highest BCUT2D eigenvalue weighted by Gasteiger charge is 2.12. The minimum Gasteiger partial charge on any atom is -0.497 e. The van der Waals surface area contributed by atoms with Crippen molar-refractivity contribution in [2.24, 2.45) is 0 Å². The Kier molecular flexibility index (Phi) is 6.52. The van der Waals surface area contributed by atoms with E-state index in [1.165, 1.54) is 0 Å². The zero-order chi connectivity index (χ0) is 15.0. The summed E-state index contributed by atoms with van der Waals surface area (Å²) in [6.07, 6.45) is 0. The van der Waals surface area contributed by atoms with Crippen molar-refractivity contribution in [3.05, 3.63) is 24.3 Å². The lowest BCUT2D eigenvalue weighted by Crippen LogP contribution is -2.44. The topological polar surface area (TPSA) is 79.5 Å². The minimum atomic E-state index is -0.411. The van der Waals surface area contributed by atoms with Crippen LogP contribution in [0.15, 0.2) is 24.3 Å². The van der Waals surface area contributed by atoms with Gasteiger partial charge in [-0.2, -0.15) is 0 Å². The van der Waals surface area contributed by atoms with Gasteiger partial charge in [-0.3, -0.25) is 14.9 Å². The summed E-state index contributed by atoms with van der Waals surface area (Å²) in [6, 6.07) is 6.68. The molecule has 0 aliphatic rings. The van der Waals surface area contributed by atoms with Crippen molar-refractivity contribution < 1.29 is 14.3 Å². The number of carbonyl (C=O) groups is 2. The quantitative estimate of drug-likeness (QED) is 0.688. The third-order valence-electron chi connectivity index (χ3n) is 2.67. The van der Waals surface area contributed by atoms with Crippen LogP contribution in [0.4, 0.5) is 5.69 Å². The van der Waals surface area contributed by atoms with Gasteiger partial charge in [-0.25, -0.2) is 0 Å². The van der Waals surface area contributed by atoms with E-state index in [0.717, 1.165) is 0 Å². The number of carbonyl (C=O) groups excluding carboxylic acids is 2. The zero-order valence-corrected chi connectivity index (χ0v) is 12.0. The molecule has 3 N–H and O–H groups in total. The summed E-state index contributed by atoms with van der Waals surface area (Å²) in [7, 11) is 1.57. The molecule has 0 radical (unpaired) electrons.